The molecule has 1 aliphatic rings. The van der Waals surface area contributed by atoms with Crippen molar-refractivity contribution in [3.63, 3.8) is 0 Å². The van der Waals surface area contributed by atoms with Crippen LogP contribution in [0.1, 0.15) is 25.7 Å². The van der Waals surface area contributed by atoms with E-state index in [1.54, 1.807) is 7.05 Å². The summed E-state index contributed by atoms with van der Waals surface area (Å²) in [5.74, 6) is -0.679. The van der Waals surface area contributed by atoms with Crippen LogP contribution < -0.4 is 10.1 Å². The summed E-state index contributed by atoms with van der Waals surface area (Å²) in [4.78, 5) is 9.79. The standard InChI is InChI=1S/C14H16FN3O3/c1-17-14(9-16)6-2-3-11(8-14)21-10-4-5-13(18(19)20)12(15)7-10/h4-5,7,11,17H,2-3,6,8H2,1H3. The molecule has 7 heteroatoms. The van der Waals surface area contributed by atoms with Crippen molar-refractivity contribution in [3.05, 3.63) is 34.1 Å². The maximum Gasteiger partial charge on any atom is 0.305 e. The van der Waals surface area contributed by atoms with Crippen molar-refractivity contribution in [2.75, 3.05) is 7.05 Å². The van der Waals surface area contributed by atoms with E-state index in [1.165, 1.54) is 6.07 Å². The first kappa shape index (κ1) is 15.2. The van der Waals surface area contributed by atoms with Gasteiger partial charge in [-0.15, -0.1) is 0 Å². The van der Waals surface area contributed by atoms with Gasteiger partial charge in [0.15, 0.2) is 0 Å². The van der Waals surface area contributed by atoms with Crippen LogP contribution in [-0.2, 0) is 0 Å². The molecule has 2 unspecified atom stereocenters. The van der Waals surface area contributed by atoms with Crippen molar-refractivity contribution < 1.29 is 14.1 Å². The number of nitriles is 1. The predicted molar refractivity (Wildman–Crippen MR) is 73.3 cm³/mol. The summed E-state index contributed by atoms with van der Waals surface area (Å²) in [7, 11) is 1.73. The Morgan fingerprint density at radius 2 is 2.38 bits per heavy atom. The smallest absolute Gasteiger partial charge is 0.305 e. The third-order valence-corrected chi connectivity index (χ3v) is 3.82. The molecule has 1 N–H and O–H groups in total. The van der Waals surface area contributed by atoms with E-state index in [9.17, 15) is 19.8 Å². The van der Waals surface area contributed by atoms with E-state index in [2.05, 4.69) is 11.4 Å². The first-order valence-electron chi connectivity index (χ1n) is 6.70. The van der Waals surface area contributed by atoms with Gasteiger partial charge in [-0.05, 0) is 32.4 Å². The second-order valence-electron chi connectivity index (χ2n) is 5.15. The topological polar surface area (TPSA) is 88.2 Å². The van der Waals surface area contributed by atoms with Crippen molar-refractivity contribution in [1.82, 2.24) is 5.32 Å². The highest BCUT2D eigenvalue weighted by atomic mass is 19.1. The van der Waals surface area contributed by atoms with Crippen LogP contribution in [0.2, 0.25) is 0 Å². The van der Waals surface area contributed by atoms with Crippen LogP contribution in [0.4, 0.5) is 10.1 Å². The number of halogens is 1. The lowest BCUT2D eigenvalue weighted by molar-refractivity contribution is -0.387. The summed E-state index contributed by atoms with van der Waals surface area (Å²) in [5, 5.41) is 22.8. The van der Waals surface area contributed by atoms with E-state index < -0.39 is 22.0 Å². The molecule has 0 saturated heterocycles. The van der Waals surface area contributed by atoms with E-state index >= 15 is 0 Å². The van der Waals surface area contributed by atoms with Crippen molar-refractivity contribution >= 4 is 5.69 Å². The Bertz CT molecular complexity index is 587. The molecule has 1 saturated carbocycles. The van der Waals surface area contributed by atoms with Gasteiger partial charge < -0.3 is 10.1 Å². The van der Waals surface area contributed by atoms with Crippen LogP contribution in [0.3, 0.4) is 0 Å². The molecule has 2 rings (SSSR count). The Kier molecular flexibility index (Phi) is 4.38. The van der Waals surface area contributed by atoms with Crippen LogP contribution in [-0.4, -0.2) is 23.6 Å². The molecule has 1 fully saturated rings. The first-order valence-corrected chi connectivity index (χ1v) is 6.70. The third-order valence-electron chi connectivity index (χ3n) is 3.82. The summed E-state index contributed by atoms with van der Waals surface area (Å²) < 4.78 is 19.2. The number of rotatable bonds is 4. The molecule has 2 atom stereocenters. The lowest BCUT2D eigenvalue weighted by atomic mass is 9.81. The molecule has 0 heterocycles. The highest BCUT2D eigenvalue weighted by Gasteiger charge is 2.36. The Labute approximate surface area is 121 Å². The van der Waals surface area contributed by atoms with Gasteiger partial charge in [0, 0.05) is 18.6 Å². The van der Waals surface area contributed by atoms with E-state index in [-0.39, 0.29) is 11.9 Å². The quantitative estimate of drug-likeness (QED) is 0.680. The summed E-state index contributed by atoms with van der Waals surface area (Å²) in [5.41, 5.74) is -1.20. The molecule has 0 aromatic heterocycles. The van der Waals surface area contributed by atoms with Gasteiger partial charge in [0.2, 0.25) is 5.82 Å². The van der Waals surface area contributed by atoms with Crippen molar-refractivity contribution in [1.29, 1.82) is 5.26 Å². The number of ether oxygens (including phenoxy) is 1. The molecular weight excluding hydrogens is 277 g/mol. The Balaban J connectivity index is 2.10. The number of nitrogens with zero attached hydrogens (tertiary/aromatic N) is 2. The van der Waals surface area contributed by atoms with Gasteiger partial charge in [-0.2, -0.15) is 9.65 Å². The maximum absolute atomic E-state index is 13.6. The monoisotopic (exact) mass is 293 g/mol. The molecule has 0 radical (unpaired) electrons. The van der Waals surface area contributed by atoms with Crippen LogP contribution in [0.15, 0.2) is 18.2 Å². The summed E-state index contributed by atoms with van der Waals surface area (Å²) in [6, 6.07) is 5.74. The molecule has 0 aliphatic heterocycles. The van der Waals surface area contributed by atoms with E-state index in [1.807, 2.05) is 0 Å². The highest BCUT2D eigenvalue weighted by molar-refractivity contribution is 5.38. The van der Waals surface area contributed by atoms with Crippen LogP contribution in [0.5, 0.6) is 5.75 Å². The van der Waals surface area contributed by atoms with Crippen molar-refractivity contribution in [2.45, 2.75) is 37.3 Å². The van der Waals surface area contributed by atoms with Crippen molar-refractivity contribution in [3.8, 4) is 11.8 Å². The van der Waals surface area contributed by atoms with Gasteiger partial charge in [-0.3, -0.25) is 10.1 Å². The van der Waals surface area contributed by atoms with Crippen LogP contribution in [0, 0.1) is 27.3 Å². The molecule has 21 heavy (non-hydrogen) atoms. The fraction of sp³-hybridized carbons (Fsp3) is 0.500. The largest absolute Gasteiger partial charge is 0.490 e. The van der Waals surface area contributed by atoms with Crippen LogP contribution in [0.25, 0.3) is 0 Å². The van der Waals surface area contributed by atoms with E-state index in [0.29, 0.717) is 6.42 Å². The second-order valence-corrected chi connectivity index (χ2v) is 5.15. The zero-order valence-electron chi connectivity index (χ0n) is 11.6. The minimum Gasteiger partial charge on any atom is -0.490 e. The molecule has 112 valence electrons. The van der Waals surface area contributed by atoms with Gasteiger partial charge in [0.05, 0.1) is 11.0 Å². The predicted octanol–water partition coefficient (Wildman–Crippen LogP) is 2.54. The lowest BCUT2D eigenvalue weighted by Crippen LogP contribution is -2.48. The number of benzene rings is 1. The molecule has 1 aromatic carbocycles. The molecule has 0 amide bonds. The third kappa shape index (κ3) is 3.28. The summed E-state index contributed by atoms with van der Waals surface area (Å²) in [6.07, 6.45) is 2.62. The average Bonchev–Trinajstić information content (AvgIpc) is 2.47. The number of nitrogens with one attached hydrogen (secondary N) is 1. The summed E-state index contributed by atoms with van der Waals surface area (Å²) >= 11 is 0. The molecule has 1 aliphatic carbocycles. The fourth-order valence-corrected chi connectivity index (χ4v) is 2.61. The normalized spacial score (nSPS) is 25.1. The SMILES string of the molecule is CNC1(C#N)CCCC(Oc2ccc([N+](=O)[O-])c(F)c2)C1. The Hall–Kier alpha value is -2.20. The lowest BCUT2D eigenvalue weighted by Gasteiger charge is -2.35. The number of hydrogen-bond acceptors (Lipinski definition) is 5. The van der Waals surface area contributed by atoms with Gasteiger partial charge in [-0.1, -0.05) is 0 Å². The Morgan fingerprint density at radius 3 is 2.95 bits per heavy atom. The minimum absolute atomic E-state index is 0.216. The average molecular weight is 293 g/mol. The van der Waals surface area contributed by atoms with Gasteiger partial charge in [0.1, 0.15) is 17.4 Å². The molecule has 0 bridgehead atoms. The number of nitro groups is 1. The molecular formula is C14H16FN3O3. The van der Waals surface area contributed by atoms with Gasteiger partial charge >= 0.3 is 5.69 Å². The maximum atomic E-state index is 13.6. The summed E-state index contributed by atoms with van der Waals surface area (Å²) in [6.45, 7) is 0. The van der Waals surface area contributed by atoms with Gasteiger partial charge in [0.25, 0.3) is 0 Å². The van der Waals surface area contributed by atoms with Crippen molar-refractivity contribution in [2.24, 2.45) is 0 Å². The Morgan fingerprint density at radius 1 is 1.62 bits per heavy atom. The van der Waals surface area contributed by atoms with E-state index in [0.717, 1.165) is 31.4 Å². The molecule has 0 spiro atoms. The number of hydrogen-bond donors (Lipinski definition) is 1. The number of nitro benzene ring substituents is 1. The zero-order chi connectivity index (χ0) is 15.5. The molecule has 6 nitrogen and oxygen atoms in total. The highest BCUT2D eigenvalue weighted by Crippen LogP contribution is 2.31. The fourth-order valence-electron chi connectivity index (χ4n) is 2.61. The minimum atomic E-state index is -0.923. The van der Waals surface area contributed by atoms with Crippen LogP contribution >= 0.6 is 0 Å². The second kappa shape index (κ2) is 6.06. The zero-order valence-corrected chi connectivity index (χ0v) is 11.6. The van der Waals surface area contributed by atoms with Gasteiger partial charge in [-0.25, -0.2) is 0 Å². The molecule has 1 aromatic rings. The first-order chi connectivity index (χ1) is 9.99. The van der Waals surface area contributed by atoms with E-state index in [4.69, 9.17) is 4.74 Å².